The minimum absolute atomic E-state index is 0.0225. The fourth-order valence-corrected chi connectivity index (χ4v) is 2.61. The lowest BCUT2D eigenvalue weighted by molar-refractivity contribution is -0.117. The van der Waals surface area contributed by atoms with Gasteiger partial charge in [0.2, 0.25) is 5.91 Å². The van der Waals surface area contributed by atoms with Crippen molar-refractivity contribution in [2.45, 2.75) is 19.4 Å². The maximum absolute atomic E-state index is 12.2. The van der Waals surface area contributed by atoms with E-state index in [4.69, 9.17) is 9.84 Å². The highest BCUT2D eigenvalue weighted by Gasteiger charge is 2.32. The molecule has 1 atom stereocenters. The van der Waals surface area contributed by atoms with Gasteiger partial charge in [-0.25, -0.2) is 4.79 Å². The van der Waals surface area contributed by atoms with Gasteiger partial charge >= 0.3 is 6.03 Å². The molecule has 0 unspecified atom stereocenters. The maximum Gasteiger partial charge on any atom is 0.317 e. The highest BCUT2D eigenvalue weighted by Crippen LogP contribution is 2.24. The Morgan fingerprint density at radius 3 is 2.70 bits per heavy atom. The minimum atomic E-state index is -0.254. The number of methoxy groups -OCH3 is 1. The van der Waals surface area contributed by atoms with Gasteiger partial charge < -0.3 is 25.0 Å². The van der Waals surface area contributed by atoms with E-state index in [2.05, 4.69) is 5.32 Å². The van der Waals surface area contributed by atoms with Crippen LogP contribution in [0.1, 0.15) is 13.3 Å². The van der Waals surface area contributed by atoms with Crippen molar-refractivity contribution < 1.29 is 19.4 Å². The van der Waals surface area contributed by atoms with Gasteiger partial charge in [0.1, 0.15) is 5.75 Å². The van der Waals surface area contributed by atoms with E-state index >= 15 is 0 Å². The summed E-state index contributed by atoms with van der Waals surface area (Å²) in [7, 11) is 1.59. The molecule has 7 nitrogen and oxygen atoms in total. The van der Waals surface area contributed by atoms with Crippen LogP contribution in [0.2, 0.25) is 0 Å². The van der Waals surface area contributed by atoms with E-state index in [0.29, 0.717) is 13.1 Å². The number of hydrogen-bond donors (Lipinski definition) is 2. The number of anilines is 1. The second kappa shape index (κ2) is 7.82. The number of amides is 3. The number of nitrogens with zero attached hydrogens (tertiary/aromatic N) is 2. The summed E-state index contributed by atoms with van der Waals surface area (Å²) in [5.41, 5.74) is 0.787. The van der Waals surface area contributed by atoms with Gasteiger partial charge in [0.25, 0.3) is 0 Å². The van der Waals surface area contributed by atoms with Gasteiger partial charge in [-0.05, 0) is 31.2 Å². The second-order valence-corrected chi connectivity index (χ2v) is 5.36. The number of hydrogen-bond acceptors (Lipinski definition) is 4. The molecular formula is C16H23N3O4. The van der Waals surface area contributed by atoms with E-state index in [1.54, 1.807) is 24.1 Å². The molecule has 7 heteroatoms. The maximum atomic E-state index is 12.2. The average Bonchev–Trinajstić information content (AvgIpc) is 2.92. The van der Waals surface area contributed by atoms with Crippen LogP contribution in [0.3, 0.4) is 0 Å². The molecular weight excluding hydrogens is 298 g/mol. The van der Waals surface area contributed by atoms with Crippen molar-refractivity contribution >= 4 is 17.6 Å². The number of carbonyl (C=O) groups excluding carboxylic acids is 2. The number of carbonyl (C=O) groups is 2. The smallest absolute Gasteiger partial charge is 0.317 e. The van der Waals surface area contributed by atoms with E-state index in [0.717, 1.165) is 11.4 Å². The quantitative estimate of drug-likeness (QED) is 0.813. The summed E-state index contributed by atoms with van der Waals surface area (Å²) in [5.74, 6) is 0.707. The lowest BCUT2D eigenvalue weighted by atomic mass is 10.2. The third-order valence-corrected chi connectivity index (χ3v) is 3.88. The SMILES string of the molecule is CCN(CCO)C(=O)N[C@@H]1CC(=O)N(c2ccc(OC)cc2)C1. The molecule has 1 heterocycles. The molecule has 0 aromatic heterocycles. The molecule has 2 N–H and O–H groups in total. The molecule has 2 rings (SSSR count). The number of nitrogens with one attached hydrogen (secondary N) is 1. The predicted molar refractivity (Wildman–Crippen MR) is 86.6 cm³/mol. The van der Waals surface area contributed by atoms with Crippen LogP contribution in [0.4, 0.5) is 10.5 Å². The van der Waals surface area contributed by atoms with E-state index in [-0.39, 0.29) is 37.6 Å². The van der Waals surface area contributed by atoms with Crippen molar-refractivity contribution in [3.63, 3.8) is 0 Å². The number of aliphatic hydroxyl groups is 1. The van der Waals surface area contributed by atoms with Crippen molar-refractivity contribution in [1.29, 1.82) is 0 Å². The highest BCUT2D eigenvalue weighted by atomic mass is 16.5. The van der Waals surface area contributed by atoms with Crippen LogP contribution in [-0.2, 0) is 4.79 Å². The molecule has 1 aliphatic heterocycles. The number of urea groups is 1. The van der Waals surface area contributed by atoms with Gasteiger partial charge in [-0.15, -0.1) is 0 Å². The van der Waals surface area contributed by atoms with E-state index in [1.807, 2.05) is 19.1 Å². The zero-order valence-corrected chi connectivity index (χ0v) is 13.5. The summed E-state index contributed by atoms with van der Waals surface area (Å²) < 4.78 is 5.11. The van der Waals surface area contributed by atoms with Crippen LogP contribution < -0.4 is 15.0 Å². The van der Waals surface area contributed by atoms with E-state index in [9.17, 15) is 9.59 Å². The predicted octanol–water partition coefficient (Wildman–Crippen LogP) is 0.824. The van der Waals surface area contributed by atoms with Crippen molar-refractivity contribution in [1.82, 2.24) is 10.2 Å². The summed E-state index contributed by atoms with van der Waals surface area (Å²) in [4.78, 5) is 27.5. The summed E-state index contributed by atoms with van der Waals surface area (Å²) >= 11 is 0. The molecule has 1 saturated heterocycles. The van der Waals surface area contributed by atoms with Crippen molar-refractivity contribution in [2.24, 2.45) is 0 Å². The molecule has 1 aromatic carbocycles. The summed E-state index contributed by atoms with van der Waals surface area (Å²) in [5, 5.41) is 11.8. The highest BCUT2D eigenvalue weighted by molar-refractivity contribution is 5.96. The Kier molecular flexibility index (Phi) is 5.81. The fraction of sp³-hybridized carbons (Fsp3) is 0.500. The number of ether oxygens (including phenoxy) is 1. The largest absolute Gasteiger partial charge is 0.497 e. The van der Waals surface area contributed by atoms with Crippen LogP contribution in [0.15, 0.2) is 24.3 Å². The lowest BCUT2D eigenvalue weighted by Crippen LogP contribution is -2.46. The minimum Gasteiger partial charge on any atom is -0.497 e. The summed E-state index contributed by atoms with van der Waals surface area (Å²) in [6.45, 7) is 3.00. The van der Waals surface area contributed by atoms with E-state index in [1.165, 1.54) is 4.90 Å². The van der Waals surface area contributed by atoms with Gasteiger partial charge in [-0.1, -0.05) is 0 Å². The summed E-state index contributed by atoms with van der Waals surface area (Å²) in [6, 6.07) is 6.76. The first-order valence-corrected chi connectivity index (χ1v) is 7.69. The Morgan fingerprint density at radius 1 is 1.43 bits per heavy atom. The van der Waals surface area contributed by atoms with Crippen LogP contribution in [0, 0.1) is 0 Å². The molecule has 1 aromatic rings. The van der Waals surface area contributed by atoms with Crippen LogP contribution >= 0.6 is 0 Å². The third kappa shape index (κ3) is 4.13. The number of benzene rings is 1. The molecule has 0 bridgehead atoms. The number of rotatable bonds is 6. The monoisotopic (exact) mass is 321 g/mol. The first kappa shape index (κ1) is 17.1. The molecule has 3 amide bonds. The van der Waals surface area contributed by atoms with Crippen LogP contribution in [0.25, 0.3) is 0 Å². The standard InChI is InChI=1S/C16H23N3O4/c1-3-18(8-9-20)16(22)17-12-10-15(21)19(11-12)13-4-6-14(23-2)7-5-13/h4-7,12,20H,3,8-11H2,1-2H3,(H,17,22)/t12-/m1/s1. The number of likely N-dealkylation sites (N-methyl/N-ethyl adjacent to an activating group) is 1. The van der Waals surface area contributed by atoms with Gasteiger partial charge in [-0.3, -0.25) is 4.79 Å². The first-order valence-electron chi connectivity index (χ1n) is 7.69. The Hall–Kier alpha value is -2.28. The molecule has 0 radical (unpaired) electrons. The first-order chi connectivity index (χ1) is 11.1. The average molecular weight is 321 g/mol. The van der Waals surface area contributed by atoms with E-state index < -0.39 is 0 Å². The Labute approximate surface area is 135 Å². The lowest BCUT2D eigenvalue weighted by Gasteiger charge is -2.23. The van der Waals surface area contributed by atoms with Crippen molar-refractivity contribution in [2.75, 3.05) is 38.3 Å². The molecule has 126 valence electrons. The van der Waals surface area contributed by atoms with Crippen LogP contribution in [0.5, 0.6) is 5.75 Å². The molecule has 0 spiro atoms. The molecule has 0 aliphatic carbocycles. The topological polar surface area (TPSA) is 82.1 Å². The Bertz CT molecular complexity index is 547. The Morgan fingerprint density at radius 2 is 2.13 bits per heavy atom. The number of aliphatic hydroxyl groups excluding tert-OH is 1. The van der Waals surface area contributed by atoms with Gasteiger partial charge in [-0.2, -0.15) is 0 Å². The zero-order chi connectivity index (χ0) is 16.8. The molecule has 0 saturated carbocycles. The van der Waals surface area contributed by atoms with Crippen molar-refractivity contribution in [3.05, 3.63) is 24.3 Å². The Balaban J connectivity index is 1.97. The molecule has 23 heavy (non-hydrogen) atoms. The second-order valence-electron chi connectivity index (χ2n) is 5.36. The van der Waals surface area contributed by atoms with Crippen molar-refractivity contribution in [3.8, 4) is 5.75 Å². The zero-order valence-electron chi connectivity index (χ0n) is 13.5. The van der Waals surface area contributed by atoms with Crippen LogP contribution in [-0.4, -0.2) is 61.3 Å². The van der Waals surface area contributed by atoms with Gasteiger partial charge in [0.15, 0.2) is 0 Å². The summed E-state index contributed by atoms with van der Waals surface area (Å²) in [6.07, 6.45) is 0.272. The fourth-order valence-electron chi connectivity index (χ4n) is 2.61. The third-order valence-electron chi connectivity index (χ3n) is 3.88. The molecule has 1 fully saturated rings. The van der Waals surface area contributed by atoms with Gasteiger partial charge in [0, 0.05) is 31.7 Å². The van der Waals surface area contributed by atoms with Gasteiger partial charge in [0.05, 0.1) is 19.8 Å². The normalized spacial score (nSPS) is 17.3. The molecule has 1 aliphatic rings.